The highest BCUT2D eigenvalue weighted by Gasteiger charge is 2.22. The van der Waals surface area contributed by atoms with E-state index in [9.17, 15) is 0 Å². The van der Waals surface area contributed by atoms with Crippen molar-refractivity contribution in [3.8, 4) is 11.5 Å². The van der Waals surface area contributed by atoms with Gasteiger partial charge in [-0.1, -0.05) is 11.6 Å². The third-order valence-corrected chi connectivity index (χ3v) is 4.21. The molecule has 0 spiro atoms. The van der Waals surface area contributed by atoms with E-state index in [0.29, 0.717) is 12.5 Å². The molecule has 19 heavy (non-hydrogen) atoms. The van der Waals surface area contributed by atoms with Gasteiger partial charge in [-0.2, -0.15) is 0 Å². The van der Waals surface area contributed by atoms with Crippen molar-refractivity contribution in [1.82, 2.24) is 5.32 Å². The van der Waals surface area contributed by atoms with Gasteiger partial charge < -0.3 is 14.8 Å². The fourth-order valence-corrected chi connectivity index (χ4v) is 3.07. The summed E-state index contributed by atoms with van der Waals surface area (Å²) in [5.41, 5.74) is 1.12. The number of piperidine rings is 1. The Morgan fingerprint density at radius 1 is 1.21 bits per heavy atom. The highest BCUT2D eigenvalue weighted by molar-refractivity contribution is 6.31. The van der Waals surface area contributed by atoms with Crippen LogP contribution in [0, 0.1) is 5.92 Å². The van der Waals surface area contributed by atoms with Crippen LogP contribution in [0.15, 0.2) is 12.1 Å². The zero-order valence-electron chi connectivity index (χ0n) is 11.1. The Morgan fingerprint density at radius 2 is 2.11 bits per heavy atom. The van der Waals surface area contributed by atoms with Crippen molar-refractivity contribution < 1.29 is 9.47 Å². The monoisotopic (exact) mass is 281 g/mol. The molecule has 1 atom stereocenters. The van der Waals surface area contributed by atoms with Gasteiger partial charge in [0.05, 0.1) is 13.2 Å². The minimum absolute atomic E-state index is 0.643. The SMILES string of the molecule is Clc1ccc2c(c1CC1CCCNC1)OCCCO2. The lowest BCUT2D eigenvalue weighted by molar-refractivity contribution is 0.295. The summed E-state index contributed by atoms with van der Waals surface area (Å²) in [7, 11) is 0. The molecule has 0 bridgehead atoms. The Kier molecular flexibility index (Phi) is 4.14. The maximum Gasteiger partial charge on any atom is 0.165 e. The van der Waals surface area contributed by atoms with E-state index in [2.05, 4.69) is 5.32 Å². The molecule has 1 saturated heterocycles. The third-order valence-electron chi connectivity index (χ3n) is 3.85. The minimum atomic E-state index is 0.643. The summed E-state index contributed by atoms with van der Waals surface area (Å²) in [6.07, 6.45) is 4.40. The quantitative estimate of drug-likeness (QED) is 0.904. The van der Waals surface area contributed by atoms with Gasteiger partial charge in [0.25, 0.3) is 0 Å². The van der Waals surface area contributed by atoms with Gasteiger partial charge in [0, 0.05) is 17.0 Å². The number of hydrogen-bond donors (Lipinski definition) is 1. The predicted molar refractivity (Wildman–Crippen MR) is 76.4 cm³/mol. The summed E-state index contributed by atoms with van der Waals surface area (Å²) in [5, 5.41) is 4.25. The lowest BCUT2D eigenvalue weighted by Crippen LogP contribution is -2.31. The average molecular weight is 282 g/mol. The molecule has 4 heteroatoms. The number of halogens is 1. The number of rotatable bonds is 2. The first-order valence-electron chi connectivity index (χ1n) is 7.12. The smallest absolute Gasteiger partial charge is 0.165 e. The van der Waals surface area contributed by atoms with E-state index in [1.165, 1.54) is 12.8 Å². The molecular weight excluding hydrogens is 262 g/mol. The molecule has 0 saturated carbocycles. The first-order valence-corrected chi connectivity index (χ1v) is 7.50. The zero-order valence-corrected chi connectivity index (χ0v) is 11.8. The fraction of sp³-hybridized carbons (Fsp3) is 0.600. The highest BCUT2D eigenvalue weighted by atomic mass is 35.5. The Labute approximate surface area is 119 Å². The number of ether oxygens (including phenoxy) is 2. The fourth-order valence-electron chi connectivity index (χ4n) is 2.85. The standard InChI is InChI=1S/C15H20ClNO2/c16-13-4-5-14-15(19-8-2-7-18-14)12(13)9-11-3-1-6-17-10-11/h4-5,11,17H,1-3,6-10H2. The second kappa shape index (κ2) is 6.02. The zero-order chi connectivity index (χ0) is 13.1. The number of hydrogen-bond acceptors (Lipinski definition) is 3. The molecule has 1 fully saturated rings. The van der Waals surface area contributed by atoms with E-state index in [1.807, 2.05) is 12.1 Å². The van der Waals surface area contributed by atoms with Gasteiger partial charge in [0.15, 0.2) is 11.5 Å². The molecule has 0 amide bonds. The average Bonchev–Trinajstić information content (AvgIpc) is 2.69. The van der Waals surface area contributed by atoms with Crippen LogP contribution in [0.25, 0.3) is 0 Å². The van der Waals surface area contributed by atoms with Crippen LogP contribution >= 0.6 is 11.6 Å². The third kappa shape index (κ3) is 2.98. The number of benzene rings is 1. The molecule has 1 N–H and O–H groups in total. The van der Waals surface area contributed by atoms with Gasteiger partial charge >= 0.3 is 0 Å². The Morgan fingerprint density at radius 3 is 2.95 bits per heavy atom. The minimum Gasteiger partial charge on any atom is -0.490 e. The molecule has 0 aromatic heterocycles. The van der Waals surface area contributed by atoms with E-state index in [-0.39, 0.29) is 0 Å². The Hall–Kier alpha value is -0.930. The molecule has 1 aromatic carbocycles. The van der Waals surface area contributed by atoms with Gasteiger partial charge in [-0.3, -0.25) is 0 Å². The molecule has 104 valence electrons. The van der Waals surface area contributed by atoms with Crippen molar-refractivity contribution in [3.05, 3.63) is 22.7 Å². The summed E-state index contributed by atoms with van der Waals surface area (Å²) in [6.45, 7) is 3.64. The van der Waals surface area contributed by atoms with Crippen molar-refractivity contribution in [1.29, 1.82) is 0 Å². The predicted octanol–water partition coefficient (Wildman–Crippen LogP) is 3.04. The van der Waals surface area contributed by atoms with Gasteiger partial charge in [0.1, 0.15) is 0 Å². The molecule has 0 radical (unpaired) electrons. The van der Waals surface area contributed by atoms with Gasteiger partial charge in [-0.25, -0.2) is 0 Å². The van der Waals surface area contributed by atoms with Crippen LogP contribution in [0.3, 0.4) is 0 Å². The van der Waals surface area contributed by atoms with Crippen molar-refractivity contribution in [2.24, 2.45) is 5.92 Å². The van der Waals surface area contributed by atoms with Gasteiger partial charge in [-0.05, 0) is 50.4 Å². The molecule has 0 aliphatic carbocycles. The van der Waals surface area contributed by atoms with E-state index in [4.69, 9.17) is 21.1 Å². The van der Waals surface area contributed by atoms with E-state index >= 15 is 0 Å². The van der Waals surface area contributed by atoms with Crippen LogP contribution in [-0.4, -0.2) is 26.3 Å². The van der Waals surface area contributed by atoms with Crippen molar-refractivity contribution >= 4 is 11.6 Å². The van der Waals surface area contributed by atoms with Crippen LogP contribution < -0.4 is 14.8 Å². The normalized spacial score (nSPS) is 22.9. The van der Waals surface area contributed by atoms with Crippen molar-refractivity contribution in [2.45, 2.75) is 25.7 Å². The summed E-state index contributed by atoms with van der Waals surface area (Å²) in [6, 6.07) is 3.85. The Balaban J connectivity index is 1.86. The number of nitrogens with one attached hydrogen (secondary N) is 1. The summed E-state index contributed by atoms with van der Waals surface area (Å²) in [5.74, 6) is 2.36. The molecule has 3 rings (SSSR count). The molecular formula is C15H20ClNO2. The van der Waals surface area contributed by atoms with Crippen LogP contribution in [0.5, 0.6) is 11.5 Å². The molecule has 2 aliphatic heterocycles. The molecule has 2 aliphatic rings. The maximum absolute atomic E-state index is 6.38. The van der Waals surface area contributed by atoms with E-state index in [0.717, 1.165) is 54.6 Å². The highest BCUT2D eigenvalue weighted by Crippen LogP contribution is 2.39. The van der Waals surface area contributed by atoms with Gasteiger partial charge in [-0.15, -0.1) is 0 Å². The first-order chi connectivity index (χ1) is 9.34. The van der Waals surface area contributed by atoms with E-state index in [1.54, 1.807) is 0 Å². The molecule has 2 heterocycles. The summed E-state index contributed by atoms with van der Waals surface area (Å²) >= 11 is 6.38. The van der Waals surface area contributed by atoms with E-state index < -0.39 is 0 Å². The molecule has 3 nitrogen and oxygen atoms in total. The maximum atomic E-state index is 6.38. The largest absolute Gasteiger partial charge is 0.490 e. The lowest BCUT2D eigenvalue weighted by Gasteiger charge is -2.24. The first kappa shape index (κ1) is 13.1. The van der Waals surface area contributed by atoms with Crippen LogP contribution in [-0.2, 0) is 6.42 Å². The summed E-state index contributed by atoms with van der Waals surface area (Å²) in [4.78, 5) is 0. The summed E-state index contributed by atoms with van der Waals surface area (Å²) < 4.78 is 11.6. The second-order valence-corrected chi connectivity index (χ2v) is 5.73. The lowest BCUT2D eigenvalue weighted by atomic mass is 9.92. The van der Waals surface area contributed by atoms with Crippen LogP contribution in [0.1, 0.15) is 24.8 Å². The van der Waals surface area contributed by atoms with Gasteiger partial charge in [0.2, 0.25) is 0 Å². The van der Waals surface area contributed by atoms with Crippen LogP contribution in [0.2, 0.25) is 5.02 Å². The Bertz CT molecular complexity index is 444. The molecule has 1 aromatic rings. The van der Waals surface area contributed by atoms with Crippen molar-refractivity contribution in [2.75, 3.05) is 26.3 Å². The van der Waals surface area contributed by atoms with Crippen LogP contribution in [0.4, 0.5) is 0 Å². The number of fused-ring (bicyclic) bond motifs is 1. The van der Waals surface area contributed by atoms with Crippen molar-refractivity contribution in [3.63, 3.8) is 0 Å². The topological polar surface area (TPSA) is 30.5 Å². The second-order valence-electron chi connectivity index (χ2n) is 5.32. The molecule has 1 unspecified atom stereocenters.